The topological polar surface area (TPSA) is 77.5 Å². The van der Waals surface area contributed by atoms with Crippen LogP contribution >= 0.6 is 24.0 Å². The summed E-state index contributed by atoms with van der Waals surface area (Å²) in [6.45, 7) is 12.0. The third kappa shape index (κ3) is 8.11. The fraction of sp³-hybridized carbons (Fsp3) is 0.722. The zero-order valence-electron chi connectivity index (χ0n) is 17.3. The molecule has 3 N–H and O–H groups in total. The van der Waals surface area contributed by atoms with E-state index in [1.54, 1.807) is 0 Å². The summed E-state index contributed by atoms with van der Waals surface area (Å²) in [5.74, 6) is 1.15. The highest BCUT2D eigenvalue weighted by atomic mass is 127. The fourth-order valence-corrected chi connectivity index (χ4v) is 3.05. The van der Waals surface area contributed by atoms with E-state index in [1.165, 1.54) is 0 Å². The average Bonchev–Trinajstić information content (AvgIpc) is 2.99. The van der Waals surface area contributed by atoms with Crippen LogP contribution in [-0.4, -0.2) is 65.6 Å². The predicted molar refractivity (Wildman–Crippen MR) is 120 cm³/mol. The number of likely N-dealkylation sites (tertiary alicyclic amines) is 1. The van der Waals surface area contributed by atoms with E-state index in [1.807, 2.05) is 6.92 Å². The molecule has 1 fully saturated rings. The van der Waals surface area contributed by atoms with E-state index in [-0.39, 0.29) is 29.9 Å². The fourth-order valence-electron chi connectivity index (χ4n) is 3.05. The molecule has 11 heteroatoms. The van der Waals surface area contributed by atoms with Gasteiger partial charge in [0.15, 0.2) is 5.96 Å². The van der Waals surface area contributed by atoms with Crippen molar-refractivity contribution in [3.05, 3.63) is 18.0 Å². The Bertz CT molecular complexity index is 655. The smallest absolute Gasteiger partial charge is 0.357 e. The minimum atomic E-state index is -4.48. The molecule has 166 valence electrons. The van der Waals surface area contributed by atoms with Gasteiger partial charge in [0.1, 0.15) is 5.69 Å². The van der Waals surface area contributed by atoms with Gasteiger partial charge in [-0.3, -0.25) is 9.89 Å². The van der Waals surface area contributed by atoms with Gasteiger partial charge in [-0.2, -0.15) is 13.2 Å². The number of nitrogens with one attached hydrogen (secondary N) is 3. The minimum absolute atomic E-state index is 0. The molecule has 0 saturated carbocycles. The molecule has 0 bridgehead atoms. The number of alkyl halides is 3. The summed E-state index contributed by atoms with van der Waals surface area (Å²) < 4.78 is 38.1. The summed E-state index contributed by atoms with van der Waals surface area (Å²) in [6.07, 6.45) is -3.39. The molecule has 0 aliphatic carbocycles. The summed E-state index contributed by atoms with van der Waals surface area (Å²) in [6, 6.07) is 1.66. The van der Waals surface area contributed by atoms with Crippen LogP contribution in [0.1, 0.15) is 33.4 Å². The quantitative estimate of drug-likeness (QED) is 0.218. The van der Waals surface area contributed by atoms with Gasteiger partial charge in [-0.25, -0.2) is 9.97 Å². The Balaban J connectivity index is 0.00000420. The number of hydrogen-bond acceptors (Lipinski definition) is 5. The molecule has 1 aliphatic heterocycles. The van der Waals surface area contributed by atoms with Gasteiger partial charge in [0.05, 0.1) is 6.54 Å². The van der Waals surface area contributed by atoms with Crippen LogP contribution in [0.15, 0.2) is 17.3 Å². The molecule has 7 nitrogen and oxygen atoms in total. The Morgan fingerprint density at radius 1 is 1.34 bits per heavy atom. The van der Waals surface area contributed by atoms with Gasteiger partial charge in [0.2, 0.25) is 5.95 Å². The van der Waals surface area contributed by atoms with Gasteiger partial charge in [-0.15, -0.1) is 24.0 Å². The molecule has 2 unspecified atom stereocenters. The lowest BCUT2D eigenvalue weighted by molar-refractivity contribution is -0.141. The third-order valence-electron chi connectivity index (χ3n) is 4.65. The predicted octanol–water partition coefficient (Wildman–Crippen LogP) is 2.81. The number of rotatable bonds is 7. The molecule has 2 heterocycles. The van der Waals surface area contributed by atoms with Crippen molar-refractivity contribution in [2.75, 3.05) is 38.0 Å². The molecule has 29 heavy (non-hydrogen) atoms. The minimum Gasteiger partial charge on any atom is -0.357 e. The van der Waals surface area contributed by atoms with E-state index in [0.717, 1.165) is 31.9 Å². The second-order valence-electron chi connectivity index (χ2n) is 7.23. The van der Waals surface area contributed by atoms with Gasteiger partial charge < -0.3 is 16.0 Å². The Kier molecular flexibility index (Phi) is 10.4. The van der Waals surface area contributed by atoms with Crippen molar-refractivity contribution in [2.24, 2.45) is 10.9 Å². The molecule has 1 aromatic heterocycles. The highest BCUT2D eigenvalue weighted by Gasteiger charge is 2.33. The first-order valence-electron chi connectivity index (χ1n) is 9.63. The lowest BCUT2D eigenvalue weighted by Crippen LogP contribution is -2.47. The van der Waals surface area contributed by atoms with Gasteiger partial charge in [0.25, 0.3) is 0 Å². The third-order valence-corrected chi connectivity index (χ3v) is 4.65. The van der Waals surface area contributed by atoms with Crippen molar-refractivity contribution < 1.29 is 13.2 Å². The Labute approximate surface area is 187 Å². The SMILES string of the molecule is CCNC(=NCCNc1nccc(C(F)(F)F)n1)NC1CN(C(C)C)CC1C.I. The van der Waals surface area contributed by atoms with Crippen LogP contribution in [0.5, 0.6) is 0 Å². The van der Waals surface area contributed by atoms with Gasteiger partial charge >= 0.3 is 6.18 Å². The van der Waals surface area contributed by atoms with E-state index in [0.29, 0.717) is 37.1 Å². The Hall–Kier alpha value is -1.37. The van der Waals surface area contributed by atoms with Crippen molar-refractivity contribution in [3.8, 4) is 0 Å². The molecular weight excluding hydrogens is 498 g/mol. The number of nitrogens with zero attached hydrogens (tertiary/aromatic N) is 4. The van der Waals surface area contributed by atoms with Gasteiger partial charge in [-0.05, 0) is 32.8 Å². The van der Waals surface area contributed by atoms with Crippen LogP contribution in [0.2, 0.25) is 0 Å². The maximum Gasteiger partial charge on any atom is 0.433 e. The molecular formula is C18H31F3IN7. The largest absolute Gasteiger partial charge is 0.433 e. The summed E-state index contributed by atoms with van der Waals surface area (Å²) in [7, 11) is 0. The molecule has 0 amide bonds. The normalized spacial score (nSPS) is 20.5. The Morgan fingerprint density at radius 3 is 2.66 bits per heavy atom. The van der Waals surface area contributed by atoms with Gasteiger partial charge in [0, 0.05) is 44.5 Å². The van der Waals surface area contributed by atoms with Crippen LogP contribution in [0.4, 0.5) is 19.1 Å². The van der Waals surface area contributed by atoms with E-state index < -0.39 is 11.9 Å². The van der Waals surface area contributed by atoms with Gasteiger partial charge in [-0.1, -0.05) is 6.92 Å². The highest BCUT2D eigenvalue weighted by Crippen LogP contribution is 2.27. The lowest BCUT2D eigenvalue weighted by atomic mass is 10.1. The van der Waals surface area contributed by atoms with Crippen molar-refractivity contribution >= 4 is 35.9 Å². The zero-order chi connectivity index (χ0) is 20.7. The number of anilines is 1. The maximum atomic E-state index is 12.7. The number of aromatic nitrogens is 2. The zero-order valence-corrected chi connectivity index (χ0v) is 19.6. The average molecular weight is 529 g/mol. The van der Waals surface area contributed by atoms with E-state index in [9.17, 15) is 13.2 Å². The van der Waals surface area contributed by atoms with Crippen molar-refractivity contribution in [1.82, 2.24) is 25.5 Å². The standard InChI is InChI=1S/C18H30F3N7.HI/c1-5-22-16(26-14-11-28(12(2)3)10-13(14)4)24-8-9-25-17-23-7-6-15(27-17)18(19,20)21;/h6-7,12-14H,5,8-11H2,1-4H3,(H2,22,24,26)(H,23,25,27);1H. The van der Waals surface area contributed by atoms with Crippen LogP contribution < -0.4 is 16.0 Å². The second kappa shape index (κ2) is 11.7. The van der Waals surface area contributed by atoms with Crippen LogP contribution in [0.3, 0.4) is 0 Å². The monoisotopic (exact) mass is 529 g/mol. The van der Waals surface area contributed by atoms with Crippen molar-refractivity contribution in [1.29, 1.82) is 0 Å². The van der Waals surface area contributed by atoms with Crippen LogP contribution in [0, 0.1) is 5.92 Å². The molecule has 2 atom stereocenters. The first-order chi connectivity index (χ1) is 13.2. The number of aliphatic imine (C=N–C) groups is 1. The van der Waals surface area contributed by atoms with Crippen LogP contribution in [-0.2, 0) is 6.18 Å². The molecule has 0 spiro atoms. The van der Waals surface area contributed by atoms with E-state index in [2.05, 4.69) is 56.6 Å². The first kappa shape index (κ1) is 25.7. The van der Waals surface area contributed by atoms with Crippen molar-refractivity contribution in [3.63, 3.8) is 0 Å². The molecule has 1 aromatic rings. The lowest BCUT2D eigenvalue weighted by Gasteiger charge is -2.22. The maximum absolute atomic E-state index is 12.7. The molecule has 0 aromatic carbocycles. The molecule has 2 rings (SSSR count). The second-order valence-corrected chi connectivity index (χ2v) is 7.23. The summed E-state index contributed by atoms with van der Waals surface area (Å²) in [4.78, 5) is 14.2. The molecule has 0 radical (unpaired) electrons. The first-order valence-corrected chi connectivity index (χ1v) is 9.63. The highest BCUT2D eigenvalue weighted by molar-refractivity contribution is 14.0. The number of hydrogen-bond donors (Lipinski definition) is 3. The van der Waals surface area contributed by atoms with E-state index in [4.69, 9.17) is 0 Å². The number of halogens is 4. The summed E-state index contributed by atoms with van der Waals surface area (Å²) >= 11 is 0. The Morgan fingerprint density at radius 2 is 2.07 bits per heavy atom. The van der Waals surface area contributed by atoms with E-state index >= 15 is 0 Å². The van der Waals surface area contributed by atoms with Crippen molar-refractivity contribution in [2.45, 2.75) is 46.0 Å². The molecule has 1 saturated heterocycles. The summed E-state index contributed by atoms with van der Waals surface area (Å²) in [5, 5.41) is 9.47. The van der Waals surface area contributed by atoms with Crippen LogP contribution in [0.25, 0.3) is 0 Å². The summed E-state index contributed by atoms with van der Waals surface area (Å²) in [5.41, 5.74) is -0.964. The number of guanidine groups is 1. The molecule has 1 aliphatic rings.